The molecule has 4 bridgehead atoms. The molecule has 0 radical (unpaired) electrons. The molecule has 2 heterocycles. The predicted molar refractivity (Wildman–Crippen MR) is 114 cm³/mol. The van der Waals surface area contributed by atoms with E-state index in [1.54, 1.807) is 0 Å². The number of nitrogens with zero attached hydrogens (tertiary/aromatic N) is 3. The van der Waals surface area contributed by atoms with Crippen molar-refractivity contribution in [3.8, 4) is 0 Å². The molecule has 1 aromatic heterocycles. The van der Waals surface area contributed by atoms with E-state index in [4.69, 9.17) is 0 Å². The van der Waals surface area contributed by atoms with Gasteiger partial charge >= 0.3 is 0 Å². The summed E-state index contributed by atoms with van der Waals surface area (Å²) >= 11 is 0. The molecule has 4 fully saturated rings. The maximum atomic E-state index is 13.0. The Morgan fingerprint density at radius 3 is 2.43 bits per heavy atom. The standard InChI is InChI=1S/C24H34N4O2/c1-15(2)5-22(30)28-4-3-19-20(13-28)25-14-26-23(19)27-21(29)12-24-9-16-6-17(10-24)8-18(7-16)11-24/h14-18H,3-13H2,1-2H3,(H,25,26,27,29). The van der Waals surface area contributed by atoms with Crippen molar-refractivity contribution in [2.75, 3.05) is 11.9 Å². The Morgan fingerprint density at radius 1 is 1.13 bits per heavy atom. The van der Waals surface area contributed by atoms with Gasteiger partial charge in [-0.3, -0.25) is 9.59 Å². The normalized spacial score (nSPS) is 31.7. The van der Waals surface area contributed by atoms with Crippen LogP contribution in [0.1, 0.15) is 76.5 Å². The number of nitrogens with one attached hydrogen (secondary N) is 1. The van der Waals surface area contributed by atoms with Crippen molar-refractivity contribution < 1.29 is 9.59 Å². The van der Waals surface area contributed by atoms with Gasteiger partial charge in [-0.05, 0) is 74.0 Å². The zero-order valence-electron chi connectivity index (χ0n) is 18.3. The predicted octanol–water partition coefficient (Wildman–Crippen LogP) is 3.95. The van der Waals surface area contributed by atoms with Crippen LogP contribution in [0.2, 0.25) is 0 Å². The van der Waals surface area contributed by atoms with E-state index in [1.165, 1.54) is 44.9 Å². The van der Waals surface area contributed by atoms with Gasteiger partial charge in [-0.2, -0.15) is 0 Å². The molecule has 4 saturated carbocycles. The van der Waals surface area contributed by atoms with E-state index in [-0.39, 0.29) is 17.2 Å². The van der Waals surface area contributed by atoms with Crippen LogP contribution in [0.3, 0.4) is 0 Å². The molecule has 30 heavy (non-hydrogen) atoms. The number of fused-ring (bicyclic) bond motifs is 1. The Labute approximate surface area is 179 Å². The Morgan fingerprint density at radius 2 is 1.80 bits per heavy atom. The van der Waals surface area contributed by atoms with Crippen LogP contribution >= 0.6 is 0 Å². The van der Waals surface area contributed by atoms with Gasteiger partial charge in [0.2, 0.25) is 11.8 Å². The second-order valence-electron chi connectivity index (χ2n) is 11.0. The van der Waals surface area contributed by atoms with E-state index < -0.39 is 0 Å². The molecule has 6 rings (SSSR count). The summed E-state index contributed by atoms with van der Waals surface area (Å²) in [4.78, 5) is 36.2. The third-order valence-corrected chi connectivity index (χ3v) is 7.90. The summed E-state index contributed by atoms with van der Waals surface area (Å²) in [5.41, 5.74) is 2.11. The van der Waals surface area contributed by atoms with Crippen molar-refractivity contribution in [2.45, 2.75) is 78.2 Å². The molecular weight excluding hydrogens is 376 g/mol. The fraction of sp³-hybridized carbons (Fsp3) is 0.750. The van der Waals surface area contributed by atoms with E-state index in [2.05, 4.69) is 29.1 Å². The lowest BCUT2D eigenvalue weighted by molar-refractivity contribution is -0.133. The molecule has 0 atom stereocenters. The second-order valence-corrected chi connectivity index (χ2v) is 11.0. The van der Waals surface area contributed by atoms with E-state index in [0.29, 0.717) is 44.1 Å². The number of hydrogen-bond donors (Lipinski definition) is 1. The van der Waals surface area contributed by atoms with Gasteiger partial charge in [0.1, 0.15) is 12.1 Å². The summed E-state index contributed by atoms with van der Waals surface area (Å²) in [5.74, 6) is 3.85. The number of aromatic nitrogens is 2. The van der Waals surface area contributed by atoms with Crippen molar-refractivity contribution in [3.63, 3.8) is 0 Å². The summed E-state index contributed by atoms with van der Waals surface area (Å²) in [6.45, 7) is 5.32. The largest absolute Gasteiger partial charge is 0.336 e. The van der Waals surface area contributed by atoms with E-state index in [9.17, 15) is 9.59 Å². The minimum Gasteiger partial charge on any atom is -0.336 e. The first-order valence-electron chi connectivity index (χ1n) is 11.8. The zero-order chi connectivity index (χ0) is 20.9. The van der Waals surface area contributed by atoms with Crippen LogP contribution in [-0.4, -0.2) is 33.2 Å². The first kappa shape index (κ1) is 20.0. The monoisotopic (exact) mass is 410 g/mol. The molecule has 0 spiro atoms. The topological polar surface area (TPSA) is 75.2 Å². The van der Waals surface area contributed by atoms with Crippen molar-refractivity contribution in [1.82, 2.24) is 14.9 Å². The van der Waals surface area contributed by atoms with Crippen LogP contribution in [0.5, 0.6) is 0 Å². The summed E-state index contributed by atoms with van der Waals surface area (Å²) < 4.78 is 0. The Hall–Kier alpha value is -1.98. The SMILES string of the molecule is CC(C)CC(=O)N1CCc2c(ncnc2NC(=O)CC23CC4CC(CC(C4)C2)C3)C1. The average Bonchev–Trinajstić information content (AvgIpc) is 2.65. The number of rotatable bonds is 5. The molecule has 1 N–H and O–H groups in total. The van der Waals surface area contributed by atoms with Crippen LogP contribution in [0.4, 0.5) is 5.82 Å². The third kappa shape index (κ3) is 3.85. The molecule has 162 valence electrons. The quantitative estimate of drug-likeness (QED) is 0.797. The van der Waals surface area contributed by atoms with Crippen molar-refractivity contribution in [2.24, 2.45) is 29.1 Å². The van der Waals surface area contributed by atoms with Crippen LogP contribution in [-0.2, 0) is 22.6 Å². The first-order chi connectivity index (χ1) is 14.4. The van der Waals surface area contributed by atoms with Gasteiger partial charge in [0, 0.05) is 24.9 Å². The Bertz CT molecular complexity index is 814. The minimum absolute atomic E-state index is 0.108. The first-order valence-corrected chi connectivity index (χ1v) is 11.8. The van der Waals surface area contributed by atoms with E-state index in [0.717, 1.165) is 29.0 Å². The lowest BCUT2D eigenvalue weighted by Crippen LogP contribution is -2.47. The number of amides is 2. The van der Waals surface area contributed by atoms with Gasteiger partial charge in [-0.25, -0.2) is 9.97 Å². The van der Waals surface area contributed by atoms with Gasteiger partial charge < -0.3 is 10.2 Å². The maximum absolute atomic E-state index is 13.0. The van der Waals surface area contributed by atoms with Gasteiger partial charge in [0.15, 0.2) is 0 Å². The van der Waals surface area contributed by atoms with Crippen LogP contribution in [0.15, 0.2) is 6.33 Å². The van der Waals surface area contributed by atoms with Gasteiger partial charge in [0.05, 0.1) is 12.2 Å². The lowest BCUT2D eigenvalue weighted by atomic mass is 9.49. The zero-order valence-corrected chi connectivity index (χ0v) is 18.3. The lowest BCUT2D eigenvalue weighted by Gasteiger charge is -2.56. The highest BCUT2D eigenvalue weighted by molar-refractivity contribution is 5.91. The number of hydrogen-bond acceptors (Lipinski definition) is 4. The smallest absolute Gasteiger partial charge is 0.226 e. The molecule has 0 unspecified atom stereocenters. The number of carbonyl (C=O) groups is 2. The fourth-order valence-corrected chi connectivity index (χ4v) is 7.18. The highest BCUT2D eigenvalue weighted by Crippen LogP contribution is 2.61. The molecule has 0 aromatic carbocycles. The Balaban J connectivity index is 1.25. The molecule has 6 heteroatoms. The number of carbonyl (C=O) groups excluding carboxylic acids is 2. The molecular formula is C24H34N4O2. The molecule has 2 amide bonds. The van der Waals surface area contributed by atoms with Crippen LogP contribution in [0.25, 0.3) is 0 Å². The van der Waals surface area contributed by atoms with Crippen LogP contribution < -0.4 is 5.32 Å². The van der Waals surface area contributed by atoms with Gasteiger partial charge in [-0.15, -0.1) is 0 Å². The van der Waals surface area contributed by atoms with Gasteiger partial charge in [-0.1, -0.05) is 13.8 Å². The molecule has 5 aliphatic rings. The molecule has 1 aromatic rings. The van der Waals surface area contributed by atoms with Crippen LogP contribution in [0, 0.1) is 29.1 Å². The average molecular weight is 411 g/mol. The summed E-state index contributed by atoms with van der Waals surface area (Å²) in [6, 6.07) is 0. The van der Waals surface area contributed by atoms with Crippen molar-refractivity contribution >= 4 is 17.6 Å². The fourth-order valence-electron chi connectivity index (χ4n) is 7.18. The summed E-state index contributed by atoms with van der Waals surface area (Å²) in [6.07, 6.45) is 11.3. The second kappa shape index (κ2) is 7.61. The highest BCUT2D eigenvalue weighted by atomic mass is 16.2. The van der Waals surface area contributed by atoms with Gasteiger partial charge in [0.25, 0.3) is 0 Å². The summed E-state index contributed by atoms with van der Waals surface area (Å²) in [5, 5.41) is 3.13. The Kier molecular flexibility index (Phi) is 5.06. The highest BCUT2D eigenvalue weighted by Gasteiger charge is 2.51. The summed E-state index contributed by atoms with van der Waals surface area (Å²) in [7, 11) is 0. The minimum atomic E-state index is 0.108. The molecule has 4 aliphatic carbocycles. The van der Waals surface area contributed by atoms with Crippen molar-refractivity contribution in [3.05, 3.63) is 17.6 Å². The molecule has 0 saturated heterocycles. The molecule has 1 aliphatic heterocycles. The molecule has 6 nitrogen and oxygen atoms in total. The maximum Gasteiger partial charge on any atom is 0.226 e. The van der Waals surface area contributed by atoms with E-state index in [1.807, 2.05) is 4.90 Å². The van der Waals surface area contributed by atoms with E-state index >= 15 is 0 Å². The number of anilines is 1. The third-order valence-electron chi connectivity index (χ3n) is 7.90. The van der Waals surface area contributed by atoms with Crippen molar-refractivity contribution in [1.29, 1.82) is 0 Å².